The van der Waals surface area contributed by atoms with E-state index in [1.165, 1.54) is 11.3 Å². The molecule has 0 atom stereocenters. The monoisotopic (exact) mass is 224 g/mol. The van der Waals surface area contributed by atoms with Gasteiger partial charge in [-0.2, -0.15) is 0 Å². The van der Waals surface area contributed by atoms with Crippen LogP contribution in [0.2, 0.25) is 0 Å². The zero-order valence-electron chi connectivity index (χ0n) is 8.88. The fourth-order valence-corrected chi connectivity index (χ4v) is 2.53. The summed E-state index contributed by atoms with van der Waals surface area (Å²) < 4.78 is 0. The van der Waals surface area contributed by atoms with Crippen LogP contribution in [0.1, 0.15) is 22.2 Å². The molecule has 1 amide bonds. The average molecular weight is 224 g/mol. The summed E-state index contributed by atoms with van der Waals surface area (Å²) in [4.78, 5) is 12.7. The highest BCUT2D eigenvalue weighted by Crippen LogP contribution is 2.17. The predicted molar refractivity (Wildman–Crippen MR) is 62.4 cm³/mol. The number of hydrogen-bond donors (Lipinski definition) is 2. The number of thiophene rings is 1. The number of amides is 1. The van der Waals surface area contributed by atoms with Gasteiger partial charge < -0.3 is 10.6 Å². The first kappa shape index (κ1) is 10.6. The minimum Gasteiger partial charge on any atom is -0.351 e. The van der Waals surface area contributed by atoms with Crippen molar-refractivity contribution in [2.45, 2.75) is 13.3 Å². The van der Waals surface area contributed by atoms with E-state index < -0.39 is 0 Å². The van der Waals surface area contributed by atoms with E-state index in [9.17, 15) is 4.79 Å². The molecule has 1 aliphatic rings. The molecule has 2 heterocycles. The minimum absolute atomic E-state index is 0.0914. The molecule has 0 spiro atoms. The summed E-state index contributed by atoms with van der Waals surface area (Å²) in [7, 11) is 0. The Morgan fingerprint density at radius 1 is 1.67 bits per heavy atom. The molecule has 2 N–H and O–H groups in total. The standard InChI is InChI=1S/C11H16N2OS/c1-2-9-3-4-15-10(9)11(14)13-7-8-5-12-6-8/h3-4,8,12H,2,5-7H2,1H3,(H,13,14). The molecule has 1 aliphatic heterocycles. The van der Waals surface area contributed by atoms with Gasteiger partial charge in [0.25, 0.3) is 5.91 Å². The van der Waals surface area contributed by atoms with E-state index >= 15 is 0 Å². The number of aryl methyl sites for hydroxylation is 1. The molecule has 15 heavy (non-hydrogen) atoms. The van der Waals surface area contributed by atoms with Gasteiger partial charge in [0.15, 0.2) is 0 Å². The van der Waals surface area contributed by atoms with E-state index in [0.29, 0.717) is 5.92 Å². The number of carbonyl (C=O) groups is 1. The Kier molecular flexibility index (Phi) is 3.38. The predicted octanol–water partition coefficient (Wildman–Crippen LogP) is 1.26. The van der Waals surface area contributed by atoms with Gasteiger partial charge in [-0.1, -0.05) is 6.92 Å². The lowest BCUT2D eigenvalue weighted by molar-refractivity contribution is 0.0945. The van der Waals surface area contributed by atoms with Crippen molar-refractivity contribution >= 4 is 17.2 Å². The van der Waals surface area contributed by atoms with Crippen LogP contribution in [0.5, 0.6) is 0 Å². The lowest BCUT2D eigenvalue weighted by Gasteiger charge is -2.27. The number of rotatable bonds is 4. The van der Waals surface area contributed by atoms with E-state index in [0.717, 1.165) is 36.5 Å². The SMILES string of the molecule is CCc1ccsc1C(=O)NCC1CNC1. The lowest BCUT2D eigenvalue weighted by atomic mass is 10.0. The molecule has 1 fully saturated rings. The Hall–Kier alpha value is -0.870. The average Bonchev–Trinajstić information content (AvgIpc) is 2.62. The summed E-state index contributed by atoms with van der Waals surface area (Å²) >= 11 is 1.53. The van der Waals surface area contributed by atoms with Crippen molar-refractivity contribution in [2.24, 2.45) is 5.92 Å². The quantitative estimate of drug-likeness (QED) is 0.808. The van der Waals surface area contributed by atoms with Gasteiger partial charge in [0, 0.05) is 25.6 Å². The summed E-state index contributed by atoms with van der Waals surface area (Å²) in [6.45, 7) is 4.94. The van der Waals surface area contributed by atoms with Gasteiger partial charge in [-0.15, -0.1) is 11.3 Å². The van der Waals surface area contributed by atoms with Crippen LogP contribution >= 0.6 is 11.3 Å². The lowest BCUT2D eigenvalue weighted by Crippen LogP contribution is -2.48. The maximum Gasteiger partial charge on any atom is 0.261 e. The van der Waals surface area contributed by atoms with Gasteiger partial charge in [0.05, 0.1) is 4.88 Å². The van der Waals surface area contributed by atoms with Gasteiger partial charge in [0.1, 0.15) is 0 Å². The molecule has 0 bridgehead atoms. The summed E-state index contributed by atoms with van der Waals surface area (Å²) in [6.07, 6.45) is 0.928. The molecule has 2 rings (SSSR count). The molecule has 0 aliphatic carbocycles. The first-order valence-electron chi connectivity index (χ1n) is 5.36. The zero-order valence-corrected chi connectivity index (χ0v) is 9.69. The Morgan fingerprint density at radius 2 is 2.47 bits per heavy atom. The second kappa shape index (κ2) is 4.77. The third kappa shape index (κ3) is 2.38. The van der Waals surface area contributed by atoms with Crippen LogP contribution in [0.3, 0.4) is 0 Å². The molecule has 1 saturated heterocycles. The van der Waals surface area contributed by atoms with Crippen molar-refractivity contribution in [2.75, 3.05) is 19.6 Å². The van der Waals surface area contributed by atoms with Crippen LogP contribution in [0.25, 0.3) is 0 Å². The molecule has 0 saturated carbocycles. The molecule has 3 nitrogen and oxygen atoms in total. The second-order valence-corrected chi connectivity index (χ2v) is 4.78. The van der Waals surface area contributed by atoms with Gasteiger partial charge in [-0.3, -0.25) is 4.79 Å². The Labute approximate surface area is 93.9 Å². The van der Waals surface area contributed by atoms with Crippen molar-refractivity contribution in [1.82, 2.24) is 10.6 Å². The first-order valence-corrected chi connectivity index (χ1v) is 6.24. The number of nitrogens with one attached hydrogen (secondary N) is 2. The fraction of sp³-hybridized carbons (Fsp3) is 0.545. The van der Waals surface area contributed by atoms with Crippen LogP contribution in [0, 0.1) is 5.92 Å². The molecule has 0 radical (unpaired) electrons. The molecule has 0 unspecified atom stereocenters. The highest BCUT2D eigenvalue weighted by Gasteiger charge is 2.18. The van der Waals surface area contributed by atoms with Crippen molar-refractivity contribution in [3.8, 4) is 0 Å². The normalized spacial score (nSPS) is 16.1. The van der Waals surface area contributed by atoms with E-state index in [1.54, 1.807) is 0 Å². The van der Waals surface area contributed by atoms with E-state index in [-0.39, 0.29) is 5.91 Å². The van der Waals surface area contributed by atoms with Crippen LogP contribution in [0.15, 0.2) is 11.4 Å². The summed E-state index contributed by atoms with van der Waals surface area (Å²) in [6, 6.07) is 2.03. The molecule has 1 aromatic heterocycles. The third-order valence-corrected chi connectivity index (χ3v) is 3.71. The summed E-state index contributed by atoms with van der Waals surface area (Å²) in [5.41, 5.74) is 1.16. The molecule has 0 aromatic carbocycles. The topological polar surface area (TPSA) is 41.1 Å². The fourth-order valence-electron chi connectivity index (χ4n) is 1.62. The number of hydrogen-bond acceptors (Lipinski definition) is 3. The van der Waals surface area contributed by atoms with Crippen LogP contribution in [-0.2, 0) is 6.42 Å². The first-order chi connectivity index (χ1) is 7.31. The maximum absolute atomic E-state index is 11.8. The third-order valence-electron chi connectivity index (χ3n) is 2.75. The minimum atomic E-state index is 0.0914. The van der Waals surface area contributed by atoms with Gasteiger partial charge >= 0.3 is 0 Å². The smallest absolute Gasteiger partial charge is 0.261 e. The zero-order chi connectivity index (χ0) is 10.7. The molecule has 4 heteroatoms. The van der Waals surface area contributed by atoms with Gasteiger partial charge in [-0.25, -0.2) is 0 Å². The highest BCUT2D eigenvalue weighted by molar-refractivity contribution is 7.12. The van der Waals surface area contributed by atoms with Crippen LogP contribution in [-0.4, -0.2) is 25.5 Å². The van der Waals surface area contributed by atoms with Crippen LogP contribution < -0.4 is 10.6 Å². The van der Waals surface area contributed by atoms with E-state index in [2.05, 4.69) is 17.6 Å². The Balaban J connectivity index is 1.89. The molecular formula is C11H16N2OS. The van der Waals surface area contributed by atoms with Crippen molar-refractivity contribution in [1.29, 1.82) is 0 Å². The molecule has 1 aromatic rings. The van der Waals surface area contributed by atoms with Crippen molar-refractivity contribution < 1.29 is 4.79 Å². The molecule has 82 valence electrons. The van der Waals surface area contributed by atoms with Crippen molar-refractivity contribution in [3.05, 3.63) is 21.9 Å². The maximum atomic E-state index is 11.8. The van der Waals surface area contributed by atoms with Gasteiger partial charge in [0.2, 0.25) is 0 Å². The largest absolute Gasteiger partial charge is 0.351 e. The van der Waals surface area contributed by atoms with Gasteiger partial charge in [-0.05, 0) is 23.4 Å². The number of carbonyl (C=O) groups excluding carboxylic acids is 1. The highest BCUT2D eigenvalue weighted by atomic mass is 32.1. The van der Waals surface area contributed by atoms with Crippen molar-refractivity contribution in [3.63, 3.8) is 0 Å². The van der Waals surface area contributed by atoms with E-state index in [4.69, 9.17) is 0 Å². The molecular weight excluding hydrogens is 208 g/mol. The summed E-state index contributed by atoms with van der Waals surface area (Å²) in [5, 5.41) is 8.17. The summed E-state index contributed by atoms with van der Waals surface area (Å²) in [5.74, 6) is 0.715. The Bertz CT molecular complexity index is 344. The Morgan fingerprint density at radius 3 is 3.07 bits per heavy atom. The van der Waals surface area contributed by atoms with Crippen LogP contribution in [0.4, 0.5) is 0 Å². The second-order valence-electron chi connectivity index (χ2n) is 3.86. The van der Waals surface area contributed by atoms with E-state index in [1.807, 2.05) is 11.4 Å².